The van der Waals surface area contributed by atoms with E-state index in [0.29, 0.717) is 18.5 Å². The van der Waals surface area contributed by atoms with Gasteiger partial charge in [0.1, 0.15) is 5.60 Å². The van der Waals surface area contributed by atoms with Crippen molar-refractivity contribution >= 4 is 5.97 Å². The van der Waals surface area contributed by atoms with E-state index in [1.807, 2.05) is 27.8 Å². The van der Waals surface area contributed by atoms with Gasteiger partial charge in [-0.05, 0) is 77.6 Å². The van der Waals surface area contributed by atoms with Crippen molar-refractivity contribution in [2.24, 2.45) is 0 Å². The molecule has 1 saturated carbocycles. The monoisotopic (exact) mass is 346 g/mol. The molecule has 0 heterocycles. The fourth-order valence-electron chi connectivity index (χ4n) is 3.63. The minimum atomic E-state index is -0.463. The van der Waals surface area contributed by atoms with E-state index in [4.69, 9.17) is 4.74 Å². The summed E-state index contributed by atoms with van der Waals surface area (Å²) in [6.45, 7) is 6.31. The standard InChI is InChI=1S/C21H34N2O2/c1-21(2,3)25-20(24)19(14-22-4)17-8-6-15(7-9-17)16-10-12-18(23-5)13-11-16/h6-9,16,18-19,22-23H,10-14H2,1-5H3. The van der Waals surface area contributed by atoms with E-state index in [1.165, 1.54) is 31.2 Å². The maximum Gasteiger partial charge on any atom is 0.315 e. The Balaban J connectivity index is 2.06. The summed E-state index contributed by atoms with van der Waals surface area (Å²) in [4.78, 5) is 12.5. The van der Waals surface area contributed by atoms with Crippen LogP contribution in [0.4, 0.5) is 0 Å². The molecule has 4 nitrogen and oxygen atoms in total. The van der Waals surface area contributed by atoms with E-state index < -0.39 is 5.60 Å². The second kappa shape index (κ2) is 8.81. The first-order chi connectivity index (χ1) is 11.8. The Morgan fingerprint density at radius 2 is 1.72 bits per heavy atom. The van der Waals surface area contributed by atoms with Crippen LogP contribution in [0.3, 0.4) is 0 Å². The average Bonchev–Trinajstić information content (AvgIpc) is 2.58. The lowest BCUT2D eigenvalue weighted by Crippen LogP contribution is -2.32. The maximum atomic E-state index is 12.5. The van der Waals surface area contributed by atoms with Crippen LogP contribution < -0.4 is 10.6 Å². The molecule has 2 rings (SSSR count). The number of ether oxygens (including phenoxy) is 1. The van der Waals surface area contributed by atoms with Crippen molar-refractivity contribution in [1.29, 1.82) is 0 Å². The molecule has 0 saturated heterocycles. The zero-order chi connectivity index (χ0) is 18.4. The SMILES string of the molecule is CNCC(C(=O)OC(C)(C)C)c1ccc(C2CCC(NC)CC2)cc1. The molecule has 0 radical (unpaired) electrons. The van der Waals surface area contributed by atoms with Gasteiger partial charge in [0, 0.05) is 12.6 Å². The van der Waals surface area contributed by atoms with Gasteiger partial charge in [-0.1, -0.05) is 24.3 Å². The van der Waals surface area contributed by atoms with Gasteiger partial charge in [-0.15, -0.1) is 0 Å². The zero-order valence-electron chi connectivity index (χ0n) is 16.4. The summed E-state index contributed by atoms with van der Waals surface area (Å²) in [6.07, 6.45) is 4.94. The Kier molecular flexibility index (Phi) is 7.03. The van der Waals surface area contributed by atoms with Crippen LogP contribution in [0.15, 0.2) is 24.3 Å². The van der Waals surface area contributed by atoms with Crippen LogP contribution in [0.5, 0.6) is 0 Å². The van der Waals surface area contributed by atoms with Crippen molar-refractivity contribution < 1.29 is 9.53 Å². The average molecular weight is 347 g/mol. The molecule has 0 bridgehead atoms. The molecule has 1 aliphatic rings. The van der Waals surface area contributed by atoms with Crippen LogP contribution in [0.2, 0.25) is 0 Å². The van der Waals surface area contributed by atoms with Crippen LogP contribution in [-0.2, 0) is 9.53 Å². The number of likely N-dealkylation sites (N-methyl/N-ethyl adjacent to an activating group) is 1. The molecule has 0 aromatic heterocycles. The summed E-state index contributed by atoms with van der Waals surface area (Å²) in [5.74, 6) is 0.213. The second-order valence-corrected chi connectivity index (χ2v) is 8.15. The van der Waals surface area contributed by atoms with E-state index in [9.17, 15) is 4.79 Å². The summed E-state index contributed by atoms with van der Waals surface area (Å²) >= 11 is 0. The summed E-state index contributed by atoms with van der Waals surface area (Å²) in [6, 6.07) is 9.28. The number of hydrogen-bond donors (Lipinski definition) is 2. The van der Waals surface area contributed by atoms with Crippen molar-refractivity contribution in [3.63, 3.8) is 0 Å². The second-order valence-electron chi connectivity index (χ2n) is 8.15. The molecule has 4 heteroatoms. The van der Waals surface area contributed by atoms with Crippen molar-refractivity contribution in [1.82, 2.24) is 10.6 Å². The number of nitrogens with one attached hydrogen (secondary N) is 2. The largest absolute Gasteiger partial charge is 0.459 e. The number of benzene rings is 1. The molecule has 1 fully saturated rings. The lowest BCUT2D eigenvalue weighted by atomic mass is 9.81. The highest BCUT2D eigenvalue weighted by Gasteiger charge is 2.27. The van der Waals surface area contributed by atoms with Crippen LogP contribution in [-0.4, -0.2) is 38.3 Å². The highest BCUT2D eigenvalue weighted by Crippen LogP contribution is 2.33. The molecule has 0 spiro atoms. The van der Waals surface area contributed by atoms with Crippen molar-refractivity contribution in [3.05, 3.63) is 35.4 Å². The van der Waals surface area contributed by atoms with Crippen LogP contribution in [0.1, 0.15) is 69.4 Å². The first kappa shape index (κ1) is 19.9. The minimum Gasteiger partial charge on any atom is -0.459 e. The van der Waals surface area contributed by atoms with Gasteiger partial charge in [0.25, 0.3) is 0 Å². The van der Waals surface area contributed by atoms with Crippen molar-refractivity contribution in [2.75, 3.05) is 20.6 Å². The molecule has 1 aromatic carbocycles. The zero-order valence-corrected chi connectivity index (χ0v) is 16.4. The van der Waals surface area contributed by atoms with E-state index in [0.717, 1.165) is 5.56 Å². The number of hydrogen-bond acceptors (Lipinski definition) is 4. The fourth-order valence-corrected chi connectivity index (χ4v) is 3.63. The molecule has 1 aliphatic carbocycles. The van der Waals surface area contributed by atoms with Gasteiger partial charge < -0.3 is 15.4 Å². The fraction of sp³-hybridized carbons (Fsp3) is 0.667. The number of rotatable bonds is 6. The number of esters is 1. The third-order valence-corrected chi connectivity index (χ3v) is 5.05. The van der Waals surface area contributed by atoms with Gasteiger partial charge in [-0.25, -0.2) is 0 Å². The highest BCUT2D eigenvalue weighted by atomic mass is 16.6. The normalized spacial score (nSPS) is 22.4. The lowest BCUT2D eigenvalue weighted by Gasteiger charge is -2.29. The quantitative estimate of drug-likeness (QED) is 0.773. The van der Waals surface area contributed by atoms with E-state index in [2.05, 4.69) is 41.9 Å². The Morgan fingerprint density at radius 3 is 2.20 bits per heavy atom. The Bertz CT molecular complexity index is 540. The van der Waals surface area contributed by atoms with Gasteiger partial charge in [0.05, 0.1) is 5.92 Å². The Hall–Kier alpha value is -1.39. The number of carbonyl (C=O) groups excluding carboxylic acids is 1. The van der Waals surface area contributed by atoms with Crippen LogP contribution in [0.25, 0.3) is 0 Å². The minimum absolute atomic E-state index is 0.163. The number of carbonyl (C=O) groups is 1. The molecular formula is C21H34N2O2. The van der Waals surface area contributed by atoms with E-state index in [-0.39, 0.29) is 11.9 Å². The van der Waals surface area contributed by atoms with Crippen molar-refractivity contribution in [3.8, 4) is 0 Å². The summed E-state index contributed by atoms with van der Waals surface area (Å²) in [7, 11) is 3.92. The molecular weight excluding hydrogens is 312 g/mol. The molecule has 1 unspecified atom stereocenters. The van der Waals surface area contributed by atoms with Gasteiger partial charge in [-0.2, -0.15) is 0 Å². The predicted molar refractivity (Wildman–Crippen MR) is 103 cm³/mol. The van der Waals surface area contributed by atoms with Gasteiger partial charge in [0.15, 0.2) is 0 Å². The molecule has 0 amide bonds. The smallest absolute Gasteiger partial charge is 0.315 e. The summed E-state index contributed by atoms with van der Waals surface area (Å²) in [5.41, 5.74) is 1.96. The first-order valence-corrected chi connectivity index (χ1v) is 9.48. The van der Waals surface area contributed by atoms with Gasteiger partial charge >= 0.3 is 5.97 Å². The molecule has 25 heavy (non-hydrogen) atoms. The van der Waals surface area contributed by atoms with Gasteiger partial charge in [-0.3, -0.25) is 4.79 Å². The Labute approximate surface area is 152 Å². The lowest BCUT2D eigenvalue weighted by molar-refractivity contribution is -0.156. The molecule has 2 N–H and O–H groups in total. The summed E-state index contributed by atoms with van der Waals surface area (Å²) < 4.78 is 5.59. The molecule has 1 atom stereocenters. The van der Waals surface area contributed by atoms with Crippen molar-refractivity contribution in [2.45, 2.75) is 69.9 Å². The molecule has 140 valence electrons. The first-order valence-electron chi connectivity index (χ1n) is 9.48. The highest BCUT2D eigenvalue weighted by molar-refractivity contribution is 5.79. The van der Waals surface area contributed by atoms with Crippen LogP contribution >= 0.6 is 0 Å². The Morgan fingerprint density at radius 1 is 1.12 bits per heavy atom. The van der Waals surface area contributed by atoms with E-state index in [1.54, 1.807) is 0 Å². The molecule has 0 aliphatic heterocycles. The topological polar surface area (TPSA) is 50.4 Å². The maximum absolute atomic E-state index is 12.5. The van der Waals surface area contributed by atoms with Crippen LogP contribution in [0, 0.1) is 0 Å². The predicted octanol–water partition coefficient (Wildman–Crippen LogP) is 3.58. The van der Waals surface area contributed by atoms with E-state index >= 15 is 0 Å². The summed E-state index contributed by atoms with van der Waals surface area (Å²) in [5, 5.41) is 6.50. The molecule has 1 aromatic rings. The third kappa shape index (κ3) is 5.82. The third-order valence-electron chi connectivity index (χ3n) is 5.05. The van der Waals surface area contributed by atoms with Gasteiger partial charge in [0.2, 0.25) is 0 Å².